The fraction of sp³-hybridized carbons (Fsp3) is 0.567. The lowest BCUT2D eigenvalue weighted by Gasteiger charge is -2.27. The molecule has 1 saturated heterocycles. The summed E-state index contributed by atoms with van der Waals surface area (Å²) in [4.78, 5) is 39.0. The van der Waals surface area contributed by atoms with Crippen LogP contribution in [0.2, 0.25) is 0 Å². The largest absolute Gasteiger partial charge is 0.507 e. The summed E-state index contributed by atoms with van der Waals surface area (Å²) in [7, 11) is 1.43. The van der Waals surface area contributed by atoms with Crippen LogP contribution in [-0.4, -0.2) is 58.4 Å². The molecule has 2 aliphatic carbocycles. The Labute approximate surface area is 219 Å². The molecule has 8 atom stereocenters. The predicted molar refractivity (Wildman–Crippen MR) is 142 cm³/mol. The normalized spacial score (nSPS) is 42.6. The first-order valence-corrected chi connectivity index (χ1v) is 13.6. The molecule has 3 N–H and O–H groups in total. The number of carbonyl (C=O) groups is 3. The zero-order valence-electron chi connectivity index (χ0n) is 22.0. The van der Waals surface area contributed by atoms with E-state index in [1.165, 1.54) is 38.5 Å². The lowest BCUT2D eigenvalue weighted by atomic mass is 9.78. The topological polar surface area (TPSA) is 107 Å². The fourth-order valence-electron chi connectivity index (χ4n) is 7.25. The van der Waals surface area contributed by atoms with Crippen molar-refractivity contribution < 1.29 is 24.6 Å². The average Bonchev–Trinajstić information content (AvgIpc) is 3.43. The first kappa shape index (κ1) is 27.1. The molecule has 200 valence electrons. The Hall–Kier alpha value is -2.93. The number of nitrogens with one attached hydrogen (secondary N) is 1. The number of rotatable bonds is 1. The van der Waals surface area contributed by atoms with E-state index in [0.29, 0.717) is 23.7 Å². The van der Waals surface area contributed by atoms with Gasteiger partial charge in [0.05, 0.1) is 6.10 Å². The van der Waals surface area contributed by atoms with Crippen LogP contribution in [0.15, 0.2) is 59.9 Å². The third kappa shape index (κ3) is 5.52. The Morgan fingerprint density at radius 1 is 1.08 bits per heavy atom. The molecule has 2 saturated carbocycles. The van der Waals surface area contributed by atoms with Gasteiger partial charge < -0.3 is 20.4 Å². The summed E-state index contributed by atoms with van der Waals surface area (Å²) in [5.74, 6) is 1.89. The number of Topliss-reactive ketones (excluding diaryl/α,β-unsaturated/α-hetero) is 1. The van der Waals surface area contributed by atoms with Gasteiger partial charge in [0.1, 0.15) is 17.4 Å². The van der Waals surface area contributed by atoms with Crippen molar-refractivity contribution in [3.05, 3.63) is 59.9 Å². The Morgan fingerprint density at radius 2 is 1.84 bits per heavy atom. The summed E-state index contributed by atoms with van der Waals surface area (Å²) < 4.78 is 0. The number of nitrogens with zero attached hydrogens (tertiary/aromatic N) is 1. The highest BCUT2D eigenvalue weighted by atomic mass is 16.3. The number of aliphatic hydroxyl groups excluding tert-OH is 2. The lowest BCUT2D eigenvalue weighted by molar-refractivity contribution is -0.128. The number of amides is 2. The van der Waals surface area contributed by atoms with Crippen LogP contribution < -0.4 is 5.32 Å². The second kappa shape index (κ2) is 11.6. The second-order valence-corrected chi connectivity index (χ2v) is 11.1. The molecule has 7 nitrogen and oxygen atoms in total. The summed E-state index contributed by atoms with van der Waals surface area (Å²) in [5, 5.41) is 23.8. The number of fused-ring (bicyclic) bond motifs is 5. The van der Waals surface area contributed by atoms with E-state index >= 15 is 0 Å². The molecular weight excluding hydrogens is 468 g/mol. The van der Waals surface area contributed by atoms with Gasteiger partial charge in [-0.25, -0.2) is 0 Å². The molecule has 2 amide bonds. The summed E-state index contributed by atoms with van der Waals surface area (Å²) in [6.45, 7) is 4.84. The van der Waals surface area contributed by atoms with Crippen molar-refractivity contribution in [2.75, 3.05) is 13.6 Å². The Bertz CT molecular complexity index is 1050. The first-order valence-electron chi connectivity index (χ1n) is 13.6. The second-order valence-electron chi connectivity index (χ2n) is 11.1. The fourth-order valence-corrected chi connectivity index (χ4v) is 7.25. The van der Waals surface area contributed by atoms with Gasteiger partial charge in [0, 0.05) is 19.7 Å². The van der Waals surface area contributed by atoms with E-state index in [9.17, 15) is 24.6 Å². The zero-order chi connectivity index (χ0) is 26.7. The zero-order valence-corrected chi connectivity index (χ0v) is 22.0. The van der Waals surface area contributed by atoms with Crippen LogP contribution >= 0.6 is 0 Å². The molecule has 0 aromatic carbocycles. The summed E-state index contributed by atoms with van der Waals surface area (Å²) in [6.07, 6.45) is 18.0. The third-order valence-electron chi connectivity index (χ3n) is 9.10. The first-order chi connectivity index (χ1) is 17.7. The molecule has 7 heteroatoms. The number of hydrogen-bond donors (Lipinski definition) is 3. The number of carbonyl (C=O) groups excluding carboxylic acids is 3. The van der Waals surface area contributed by atoms with Crippen molar-refractivity contribution in [3.63, 3.8) is 0 Å². The molecule has 2 aliphatic heterocycles. The minimum atomic E-state index is -1.17. The maximum Gasteiger partial charge on any atom is 0.261 e. The Morgan fingerprint density at radius 3 is 2.59 bits per heavy atom. The highest BCUT2D eigenvalue weighted by Gasteiger charge is 2.50. The van der Waals surface area contributed by atoms with E-state index in [2.05, 4.69) is 31.3 Å². The third-order valence-corrected chi connectivity index (χ3v) is 9.10. The Kier molecular flexibility index (Phi) is 8.53. The molecule has 4 aliphatic rings. The minimum absolute atomic E-state index is 0.0968. The van der Waals surface area contributed by atoms with Crippen molar-refractivity contribution in [2.45, 2.75) is 58.1 Å². The molecule has 2 bridgehead atoms. The van der Waals surface area contributed by atoms with Crippen LogP contribution in [0.5, 0.6) is 0 Å². The molecule has 0 radical (unpaired) electrons. The smallest absolute Gasteiger partial charge is 0.261 e. The van der Waals surface area contributed by atoms with Gasteiger partial charge in [0.15, 0.2) is 5.78 Å². The summed E-state index contributed by atoms with van der Waals surface area (Å²) in [6, 6.07) is -1.10. The van der Waals surface area contributed by atoms with Crippen molar-refractivity contribution >= 4 is 17.6 Å². The lowest BCUT2D eigenvalue weighted by Crippen LogP contribution is -2.43. The van der Waals surface area contributed by atoms with Gasteiger partial charge >= 0.3 is 0 Å². The Balaban J connectivity index is 1.60. The quantitative estimate of drug-likeness (QED) is 0.469. The van der Waals surface area contributed by atoms with Crippen LogP contribution in [-0.2, 0) is 14.4 Å². The van der Waals surface area contributed by atoms with E-state index in [1.807, 2.05) is 12.2 Å². The minimum Gasteiger partial charge on any atom is -0.507 e. The molecule has 3 fully saturated rings. The number of likely N-dealkylation sites (tertiary alicyclic amines) is 1. The van der Waals surface area contributed by atoms with E-state index in [0.717, 1.165) is 23.2 Å². The highest BCUT2D eigenvalue weighted by molar-refractivity contribution is 6.27. The van der Waals surface area contributed by atoms with E-state index in [-0.39, 0.29) is 24.4 Å². The average molecular weight is 509 g/mol. The van der Waals surface area contributed by atoms with Gasteiger partial charge in [0.25, 0.3) is 5.91 Å². The van der Waals surface area contributed by atoms with Crippen LogP contribution in [0, 0.1) is 35.5 Å². The van der Waals surface area contributed by atoms with Crippen molar-refractivity contribution in [2.24, 2.45) is 35.5 Å². The van der Waals surface area contributed by atoms with Crippen LogP contribution in [0.4, 0.5) is 0 Å². The summed E-state index contributed by atoms with van der Waals surface area (Å²) >= 11 is 0. The number of aliphatic hydroxyl groups is 2. The van der Waals surface area contributed by atoms with Crippen molar-refractivity contribution in [3.8, 4) is 0 Å². The molecule has 0 aromatic rings. The van der Waals surface area contributed by atoms with Gasteiger partial charge in [0.2, 0.25) is 5.91 Å². The SMILES string of the molecule is CC[C@@H]1C[C@@H]2C[C@H]3/C=C\C=C\C(=O)NCCC(O)[C@H]4C(=O)\C(=C(O)/C=C/C=C\C[C@H]3C2[C@H]1C)C(=O)N4C. The van der Waals surface area contributed by atoms with Crippen LogP contribution in [0.25, 0.3) is 0 Å². The van der Waals surface area contributed by atoms with Gasteiger partial charge in [-0.2, -0.15) is 0 Å². The monoisotopic (exact) mass is 508 g/mol. The molecule has 2 unspecified atom stereocenters. The van der Waals surface area contributed by atoms with Crippen molar-refractivity contribution in [1.82, 2.24) is 10.2 Å². The molecule has 0 aromatic heterocycles. The highest BCUT2D eigenvalue weighted by Crippen LogP contribution is 2.57. The van der Waals surface area contributed by atoms with E-state index < -0.39 is 29.6 Å². The van der Waals surface area contributed by atoms with E-state index in [4.69, 9.17) is 0 Å². The maximum absolute atomic E-state index is 12.9. The van der Waals surface area contributed by atoms with Gasteiger partial charge in [-0.3, -0.25) is 14.4 Å². The standard InChI is InChI=1S/C30H40N2O5/c1-4-19-16-21-17-20-10-8-9-13-25(35)31-15-14-24(34)28-29(36)27(30(37)32(28)3)23(33)12-7-5-6-11-22(20)26(21)18(19)2/h5-10,12-13,18-22,24,26,28,33-34H,4,11,14-17H2,1-3H3,(H,31,35)/b6-5-,10-8-,12-7+,13-9+,27-23-/t18-,19+,20+,21+,22+,24?,26?,28-/m0/s1. The van der Waals surface area contributed by atoms with Crippen LogP contribution in [0.1, 0.15) is 46.0 Å². The number of likely N-dealkylation sites (N-methyl/N-ethyl adjacent to an activating group) is 1. The molecule has 2 heterocycles. The van der Waals surface area contributed by atoms with Crippen LogP contribution in [0.3, 0.4) is 0 Å². The van der Waals surface area contributed by atoms with E-state index in [1.54, 1.807) is 12.2 Å². The van der Waals surface area contributed by atoms with Gasteiger partial charge in [-0.1, -0.05) is 56.7 Å². The molecule has 4 rings (SSSR count). The number of hydrogen-bond acceptors (Lipinski definition) is 5. The molecular formula is C30H40N2O5. The predicted octanol–water partition coefficient (Wildman–Crippen LogP) is 3.64. The number of allylic oxidation sites excluding steroid dienone is 7. The van der Waals surface area contributed by atoms with Gasteiger partial charge in [-0.15, -0.1) is 0 Å². The van der Waals surface area contributed by atoms with Crippen molar-refractivity contribution in [1.29, 1.82) is 0 Å². The molecule has 0 spiro atoms. The number of ketones is 1. The maximum atomic E-state index is 12.9. The molecule has 37 heavy (non-hydrogen) atoms. The summed E-state index contributed by atoms with van der Waals surface area (Å²) in [5.41, 5.74) is -0.313. The van der Waals surface area contributed by atoms with Gasteiger partial charge in [-0.05, 0) is 67.3 Å².